The molecule has 3 aromatic rings. The van der Waals surface area contributed by atoms with Crippen LogP contribution in [-0.4, -0.2) is 60.0 Å². The average molecular weight is 658 g/mol. The first-order valence-electron chi connectivity index (χ1n) is 11.8. The van der Waals surface area contributed by atoms with E-state index in [-0.39, 0.29) is 39.3 Å². The molecule has 2 atom stereocenters. The maximum Gasteiger partial charge on any atom is 0.352 e. The van der Waals surface area contributed by atoms with Crippen LogP contribution in [0.5, 0.6) is 17.2 Å². The fraction of sp³-hybridized carbons (Fsp3) is 0.192. The van der Waals surface area contributed by atoms with Gasteiger partial charge < -0.3 is 19.9 Å². The van der Waals surface area contributed by atoms with E-state index in [4.69, 9.17) is 44.3 Å². The predicted molar refractivity (Wildman–Crippen MR) is 153 cm³/mol. The molecule has 0 saturated carbocycles. The normalized spacial score (nSPS) is 19.3. The van der Waals surface area contributed by atoms with Gasteiger partial charge in [0, 0.05) is 26.6 Å². The molecule has 0 spiro atoms. The summed E-state index contributed by atoms with van der Waals surface area (Å²) in [4.78, 5) is 39.1. The molecular formula is C26H19Cl3N2O8S2. The molecule has 15 heteroatoms. The smallest absolute Gasteiger partial charge is 0.352 e. The molecule has 1 unspecified atom stereocenters. The Morgan fingerprint density at radius 2 is 1.76 bits per heavy atom. The standard InChI is InChI=1S/C26H19Cl3N2O8S2/c27-14-3-5-18(17(29)8-14)39-19-6-4-15(28)9-20(19)38-11-13-12-41(36,37)25-22(24(33)31(25)23(13)26(34)35)30-21(32)10-16-2-1-7-40-16/h1-9,22,25H,10-12H2,(H,30,32)(H,34,35)/t22?,25-/m1/s1. The Morgan fingerprint density at radius 1 is 1.05 bits per heavy atom. The zero-order valence-corrected chi connectivity index (χ0v) is 24.6. The molecule has 214 valence electrons. The van der Waals surface area contributed by atoms with Gasteiger partial charge in [-0.05, 0) is 41.8 Å². The number of thiophene rings is 1. The molecule has 1 aromatic heterocycles. The van der Waals surface area contributed by atoms with Crippen LogP contribution in [0.2, 0.25) is 15.1 Å². The van der Waals surface area contributed by atoms with Gasteiger partial charge in [0.2, 0.25) is 5.91 Å². The van der Waals surface area contributed by atoms with Crippen molar-refractivity contribution in [1.82, 2.24) is 10.2 Å². The third-order valence-electron chi connectivity index (χ3n) is 6.22. The van der Waals surface area contributed by atoms with E-state index >= 15 is 0 Å². The molecular weight excluding hydrogens is 639 g/mol. The second-order valence-electron chi connectivity index (χ2n) is 9.02. The molecule has 1 saturated heterocycles. The quantitative estimate of drug-likeness (QED) is 0.320. The number of carboxylic acid groups (broad SMARTS) is 1. The van der Waals surface area contributed by atoms with Crippen molar-refractivity contribution in [1.29, 1.82) is 0 Å². The lowest BCUT2D eigenvalue weighted by Crippen LogP contribution is -2.75. The number of nitrogens with zero attached hydrogens (tertiary/aromatic N) is 1. The Hall–Kier alpha value is -3.29. The number of sulfone groups is 1. The molecule has 0 aliphatic carbocycles. The molecule has 2 amide bonds. The Kier molecular flexibility index (Phi) is 8.22. The van der Waals surface area contributed by atoms with Crippen molar-refractivity contribution in [3.05, 3.63) is 85.1 Å². The third-order valence-corrected chi connectivity index (χ3v) is 9.83. The first-order valence-corrected chi connectivity index (χ1v) is 15.5. The van der Waals surface area contributed by atoms with Gasteiger partial charge in [-0.3, -0.25) is 14.5 Å². The Bertz CT molecular complexity index is 1690. The van der Waals surface area contributed by atoms with Crippen molar-refractivity contribution in [3.63, 3.8) is 0 Å². The van der Waals surface area contributed by atoms with Gasteiger partial charge in [0.25, 0.3) is 5.91 Å². The lowest BCUT2D eigenvalue weighted by molar-refractivity contribution is -0.151. The van der Waals surface area contributed by atoms with Crippen LogP contribution in [0, 0.1) is 0 Å². The summed E-state index contributed by atoms with van der Waals surface area (Å²) < 4.78 is 38.1. The maximum atomic E-state index is 13.2. The van der Waals surface area contributed by atoms with Crippen LogP contribution in [-0.2, 0) is 30.6 Å². The van der Waals surface area contributed by atoms with Crippen molar-refractivity contribution in [2.75, 3.05) is 12.4 Å². The second kappa shape index (κ2) is 11.5. The predicted octanol–water partition coefficient (Wildman–Crippen LogP) is 4.54. The largest absolute Gasteiger partial charge is 0.485 e. The SMILES string of the molecule is O=C(Cc1cccs1)NC1C(=O)N2C(C(=O)O)=C(COc3cc(Cl)ccc3Oc3ccc(Cl)cc3Cl)CS(=O)(=O)[C@H]12. The summed E-state index contributed by atoms with van der Waals surface area (Å²) in [5.41, 5.74) is -0.690. The van der Waals surface area contributed by atoms with Crippen LogP contribution >= 0.6 is 46.1 Å². The number of halogens is 3. The monoisotopic (exact) mass is 656 g/mol. The van der Waals surface area contributed by atoms with Crippen LogP contribution in [0.4, 0.5) is 0 Å². The lowest BCUT2D eigenvalue weighted by atomic mass is 10.0. The summed E-state index contributed by atoms with van der Waals surface area (Å²) in [7, 11) is -4.11. The number of carboxylic acids is 1. The third kappa shape index (κ3) is 6.02. The van der Waals surface area contributed by atoms with Crippen LogP contribution < -0.4 is 14.8 Å². The van der Waals surface area contributed by atoms with Crippen molar-refractivity contribution >= 4 is 73.8 Å². The van der Waals surface area contributed by atoms with E-state index in [1.807, 2.05) is 0 Å². The number of hydrogen-bond donors (Lipinski definition) is 2. The van der Waals surface area contributed by atoms with Gasteiger partial charge in [-0.25, -0.2) is 13.2 Å². The molecule has 0 bridgehead atoms. The highest BCUT2D eigenvalue weighted by Crippen LogP contribution is 2.40. The van der Waals surface area contributed by atoms with Crippen molar-refractivity contribution in [2.24, 2.45) is 0 Å². The first kappa shape index (κ1) is 29.2. The van der Waals surface area contributed by atoms with E-state index < -0.39 is 57.1 Å². The molecule has 2 aliphatic rings. The van der Waals surface area contributed by atoms with Crippen molar-refractivity contribution in [3.8, 4) is 17.2 Å². The molecule has 41 heavy (non-hydrogen) atoms. The Morgan fingerprint density at radius 3 is 2.41 bits per heavy atom. The lowest BCUT2D eigenvalue weighted by Gasteiger charge is -2.49. The van der Waals surface area contributed by atoms with Gasteiger partial charge >= 0.3 is 5.97 Å². The molecule has 5 rings (SSSR count). The number of β-lactam (4-membered cyclic amide) rings is 1. The molecule has 2 aliphatic heterocycles. The van der Waals surface area contributed by atoms with Crippen molar-refractivity contribution in [2.45, 2.75) is 17.8 Å². The summed E-state index contributed by atoms with van der Waals surface area (Å²) in [6.45, 7) is -0.516. The van der Waals surface area contributed by atoms with Gasteiger partial charge in [0.1, 0.15) is 24.1 Å². The number of hydrogen-bond acceptors (Lipinski definition) is 8. The Labute approximate surface area is 252 Å². The molecule has 0 radical (unpaired) electrons. The molecule has 3 heterocycles. The van der Waals surface area contributed by atoms with Gasteiger partial charge in [-0.1, -0.05) is 40.9 Å². The fourth-order valence-corrected chi connectivity index (χ4v) is 7.77. The number of nitrogens with one attached hydrogen (secondary N) is 1. The van der Waals surface area contributed by atoms with Crippen molar-refractivity contribution < 1.29 is 37.4 Å². The number of fused-ring (bicyclic) bond motifs is 1. The second-order valence-corrected chi connectivity index (χ2v) is 13.4. The van der Waals surface area contributed by atoms with E-state index in [2.05, 4.69) is 5.32 Å². The van der Waals surface area contributed by atoms with Gasteiger partial charge in [-0.2, -0.15) is 0 Å². The highest BCUT2D eigenvalue weighted by atomic mass is 35.5. The van der Waals surface area contributed by atoms with E-state index in [0.29, 0.717) is 9.92 Å². The minimum atomic E-state index is -4.11. The summed E-state index contributed by atoms with van der Waals surface area (Å²) >= 11 is 19.6. The summed E-state index contributed by atoms with van der Waals surface area (Å²) in [5, 5.41) is 13.5. The zero-order chi connectivity index (χ0) is 29.5. The van der Waals surface area contributed by atoms with Gasteiger partial charge in [-0.15, -0.1) is 11.3 Å². The zero-order valence-electron chi connectivity index (χ0n) is 20.7. The number of carbonyl (C=O) groups excluding carboxylic acids is 2. The van der Waals surface area contributed by atoms with Crippen LogP contribution in [0.3, 0.4) is 0 Å². The van der Waals surface area contributed by atoms with E-state index in [9.17, 15) is 27.9 Å². The van der Waals surface area contributed by atoms with Crippen LogP contribution in [0.1, 0.15) is 4.88 Å². The molecule has 2 N–H and O–H groups in total. The highest BCUT2D eigenvalue weighted by Gasteiger charge is 2.60. The average Bonchev–Trinajstić information content (AvgIpc) is 3.40. The summed E-state index contributed by atoms with van der Waals surface area (Å²) in [5.74, 6) is -3.16. The summed E-state index contributed by atoms with van der Waals surface area (Å²) in [6.07, 6.45) is -0.0415. The number of carbonyl (C=O) groups is 3. The van der Waals surface area contributed by atoms with E-state index in [0.717, 1.165) is 4.88 Å². The van der Waals surface area contributed by atoms with Gasteiger partial charge in [0.05, 0.1) is 17.2 Å². The molecule has 2 aromatic carbocycles. The fourth-order valence-electron chi connectivity index (χ4n) is 4.45. The number of amides is 2. The minimum absolute atomic E-state index is 0.0415. The molecule has 10 nitrogen and oxygen atoms in total. The highest BCUT2D eigenvalue weighted by molar-refractivity contribution is 7.92. The minimum Gasteiger partial charge on any atom is -0.485 e. The van der Waals surface area contributed by atoms with E-state index in [1.165, 1.54) is 41.7 Å². The van der Waals surface area contributed by atoms with Crippen LogP contribution in [0.15, 0.2) is 65.2 Å². The number of aliphatic carboxylic acids is 1. The first-order chi connectivity index (χ1) is 19.4. The number of ether oxygens (including phenoxy) is 2. The maximum absolute atomic E-state index is 13.2. The Balaban J connectivity index is 1.38. The number of benzene rings is 2. The number of rotatable bonds is 9. The van der Waals surface area contributed by atoms with Gasteiger partial charge in [0.15, 0.2) is 26.7 Å². The topological polar surface area (TPSA) is 139 Å². The molecule has 1 fully saturated rings. The summed E-state index contributed by atoms with van der Waals surface area (Å²) in [6, 6.07) is 11.1. The van der Waals surface area contributed by atoms with E-state index in [1.54, 1.807) is 23.6 Å². The van der Waals surface area contributed by atoms with Crippen LogP contribution in [0.25, 0.3) is 0 Å².